The van der Waals surface area contributed by atoms with Crippen molar-refractivity contribution >= 4 is 5.91 Å². The maximum absolute atomic E-state index is 12.0. The molecule has 102 valence electrons. The SMILES string of the molecule is C#CCCC(=O)N1CCCN1CCC(C)(C)CC. The van der Waals surface area contributed by atoms with Crippen molar-refractivity contribution < 1.29 is 4.79 Å². The van der Waals surface area contributed by atoms with E-state index in [0.29, 0.717) is 18.3 Å². The van der Waals surface area contributed by atoms with Crippen molar-refractivity contribution in [3.8, 4) is 12.3 Å². The summed E-state index contributed by atoms with van der Waals surface area (Å²) in [5.74, 6) is 2.72. The van der Waals surface area contributed by atoms with Crippen LogP contribution in [-0.2, 0) is 4.79 Å². The molecule has 1 amide bonds. The normalized spacial score (nSPS) is 16.9. The molecule has 0 saturated carbocycles. The van der Waals surface area contributed by atoms with E-state index in [1.807, 2.05) is 5.01 Å². The number of rotatable bonds is 6. The summed E-state index contributed by atoms with van der Waals surface area (Å²) in [7, 11) is 0. The summed E-state index contributed by atoms with van der Waals surface area (Å²) in [5.41, 5.74) is 0.357. The number of amides is 1. The van der Waals surface area contributed by atoms with Gasteiger partial charge in [0.05, 0.1) is 0 Å². The van der Waals surface area contributed by atoms with Gasteiger partial charge in [-0.2, -0.15) is 0 Å². The first kappa shape index (κ1) is 15.0. The molecule has 0 atom stereocenters. The van der Waals surface area contributed by atoms with Crippen molar-refractivity contribution in [3.05, 3.63) is 0 Å². The molecule has 3 nitrogen and oxygen atoms in total. The first-order chi connectivity index (χ1) is 8.50. The maximum atomic E-state index is 12.0. The number of carbonyl (C=O) groups excluding carboxylic acids is 1. The largest absolute Gasteiger partial charge is 0.275 e. The minimum atomic E-state index is 0.180. The van der Waals surface area contributed by atoms with Gasteiger partial charge in [0, 0.05) is 32.5 Å². The summed E-state index contributed by atoms with van der Waals surface area (Å²) in [5, 5.41) is 4.11. The quantitative estimate of drug-likeness (QED) is 0.677. The zero-order chi connectivity index (χ0) is 13.6. The van der Waals surface area contributed by atoms with Gasteiger partial charge in [-0.05, 0) is 18.3 Å². The van der Waals surface area contributed by atoms with Crippen molar-refractivity contribution in [2.75, 3.05) is 19.6 Å². The van der Waals surface area contributed by atoms with Gasteiger partial charge in [-0.15, -0.1) is 12.3 Å². The average Bonchev–Trinajstić information content (AvgIpc) is 2.82. The molecule has 0 radical (unpaired) electrons. The third kappa shape index (κ3) is 4.34. The van der Waals surface area contributed by atoms with Crippen LogP contribution in [0.1, 0.15) is 52.9 Å². The molecule has 0 N–H and O–H groups in total. The Bertz CT molecular complexity index is 317. The Labute approximate surface area is 111 Å². The summed E-state index contributed by atoms with van der Waals surface area (Å²) in [6.07, 6.45) is 9.61. The van der Waals surface area contributed by atoms with Gasteiger partial charge in [0.1, 0.15) is 0 Å². The van der Waals surface area contributed by atoms with Crippen molar-refractivity contribution in [2.24, 2.45) is 5.41 Å². The van der Waals surface area contributed by atoms with E-state index in [1.165, 1.54) is 6.42 Å². The molecule has 1 aliphatic heterocycles. The Morgan fingerprint density at radius 3 is 2.72 bits per heavy atom. The first-order valence-electron chi connectivity index (χ1n) is 6.99. The molecule has 0 aromatic carbocycles. The van der Waals surface area contributed by atoms with Crippen LogP contribution in [0.2, 0.25) is 0 Å². The molecule has 1 heterocycles. The lowest BCUT2D eigenvalue weighted by atomic mass is 9.86. The molecule has 0 bridgehead atoms. The summed E-state index contributed by atoms with van der Waals surface area (Å²) in [6, 6.07) is 0. The minimum Gasteiger partial charge on any atom is -0.275 e. The number of hydrogen-bond donors (Lipinski definition) is 0. The standard InChI is InChI=1S/C15H26N2O/c1-5-7-9-14(18)17-12-8-11-16(17)13-10-15(3,4)6-2/h1H,6-13H2,2-4H3. The zero-order valence-electron chi connectivity index (χ0n) is 12.0. The second-order valence-corrected chi connectivity index (χ2v) is 5.80. The monoisotopic (exact) mass is 250 g/mol. The van der Waals surface area contributed by atoms with Gasteiger partial charge < -0.3 is 0 Å². The predicted octanol–water partition coefficient (Wildman–Crippen LogP) is 2.68. The fourth-order valence-electron chi connectivity index (χ4n) is 2.10. The molecule has 1 aliphatic rings. The Hall–Kier alpha value is -1.01. The molecule has 1 saturated heterocycles. The van der Waals surface area contributed by atoms with Gasteiger partial charge in [0.25, 0.3) is 0 Å². The molecular formula is C15H26N2O. The van der Waals surface area contributed by atoms with Crippen molar-refractivity contribution in [1.29, 1.82) is 0 Å². The smallest absolute Gasteiger partial charge is 0.237 e. The fraction of sp³-hybridized carbons (Fsp3) is 0.800. The Balaban J connectivity index is 2.45. The Kier molecular flexibility index (Phi) is 5.68. The van der Waals surface area contributed by atoms with Crippen LogP contribution in [0.4, 0.5) is 0 Å². The van der Waals surface area contributed by atoms with Crippen LogP contribution in [0.25, 0.3) is 0 Å². The van der Waals surface area contributed by atoms with Crippen LogP contribution in [0.15, 0.2) is 0 Å². The lowest BCUT2D eigenvalue weighted by Crippen LogP contribution is -2.42. The van der Waals surface area contributed by atoms with Crippen molar-refractivity contribution in [1.82, 2.24) is 10.0 Å². The van der Waals surface area contributed by atoms with Crippen LogP contribution in [0.3, 0.4) is 0 Å². The van der Waals surface area contributed by atoms with Gasteiger partial charge in [0.15, 0.2) is 0 Å². The van der Waals surface area contributed by atoms with Crippen LogP contribution >= 0.6 is 0 Å². The molecular weight excluding hydrogens is 224 g/mol. The van der Waals surface area contributed by atoms with E-state index < -0.39 is 0 Å². The molecule has 0 spiro atoms. The number of carbonyl (C=O) groups is 1. The summed E-state index contributed by atoms with van der Waals surface area (Å²) < 4.78 is 0. The first-order valence-corrected chi connectivity index (χ1v) is 6.99. The third-order valence-corrected chi connectivity index (χ3v) is 3.90. The zero-order valence-corrected chi connectivity index (χ0v) is 12.0. The molecule has 0 aromatic heterocycles. The highest BCUT2D eigenvalue weighted by Gasteiger charge is 2.27. The van der Waals surface area contributed by atoms with Gasteiger partial charge in [-0.25, -0.2) is 5.01 Å². The molecule has 0 unspecified atom stereocenters. The summed E-state index contributed by atoms with van der Waals surface area (Å²) in [6.45, 7) is 9.63. The highest BCUT2D eigenvalue weighted by Crippen LogP contribution is 2.26. The number of nitrogens with zero attached hydrogens (tertiary/aromatic N) is 2. The minimum absolute atomic E-state index is 0.180. The second-order valence-electron chi connectivity index (χ2n) is 5.80. The van der Waals surface area contributed by atoms with Crippen LogP contribution < -0.4 is 0 Å². The topological polar surface area (TPSA) is 23.6 Å². The van der Waals surface area contributed by atoms with E-state index >= 15 is 0 Å². The molecule has 0 aromatic rings. The van der Waals surface area contributed by atoms with E-state index in [1.54, 1.807) is 0 Å². The third-order valence-electron chi connectivity index (χ3n) is 3.90. The predicted molar refractivity (Wildman–Crippen MR) is 74.7 cm³/mol. The van der Waals surface area contributed by atoms with E-state index in [-0.39, 0.29) is 5.91 Å². The number of hydrazine groups is 1. The number of terminal acetylenes is 1. The molecule has 1 rings (SSSR count). The van der Waals surface area contributed by atoms with E-state index in [9.17, 15) is 4.79 Å². The molecule has 1 fully saturated rings. The highest BCUT2D eigenvalue weighted by atomic mass is 16.2. The lowest BCUT2D eigenvalue weighted by Gasteiger charge is -2.31. The summed E-state index contributed by atoms with van der Waals surface area (Å²) >= 11 is 0. The average molecular weight is 250 g/mol. The maximum Gasteiger partial charge on any atom is 0.237 e. The second kappa shape index (κ2) is 6.80. The van der Waals surface area contributed by atoms with Crippen molar-refractivity contribution in [3.63, 3.8) is 0 Å². The van der Waals surface area contributed by atoms with E-state index in [0.717, 1.165) is 32.5 Å². The van der Waals surface area contributed by atoms with Gasteiger partial charge in [-0.3, -0.25) is 9.80 Å². The molecule has 3 heteroatoms. The van der Waals surface area contributed by atoms with Gasteiger partial charge in [0.2, 0.25) is 5.91 Å². The van der Waals surface area contributed by atoms with E-state index in [2.05, 4.69) is 31.7 Å². The highest BCUT2D eigenvalue weighted by molar-refractivity contribution is 5.76. The van der Waals surface area contributed by atoms with Gasteiger partial charge >= 0.3 is 0 Å². The Morgan fingerprint density at radius 2 is 2.11 bits per heavy atom. The van der Waals surface area contributed by atoms with Crippen molar-refractivity contribution in [2.45, 2.75) is 52.9 Å². The molecule has 18 heavy (non-hydrogen) atoms. The van der Waals surface area contributed by atoms with Crippen LogP contribution in [-0.4, -0.2) is 35.6 Å². The van der Waals surface area contributed by atoms with Crippen LogP contribution in [0, 0.1) is 17.8 Å². The summed E-state index contributed by atoms with van der Waals surface area (Å²) in [4.78, 5) is 12.0. The van der Waals surface area contributed by atoms with Crippen LogP contribution in [0.5, 0.6) is 0 Å². The molecule has 0 aliphatic carbocycles. The number of hydrogen-bond acceptors (Lipinski definition) is 2. The van der Waals surface area contributed by atoms with E-state index in [4.69, 9.17) is 6.42 Å². The fourth-order valence-corrected chi connectivity index (χ4v) is 2.10. The lowest BCUT2D eigenvalue weighted by molar-refractivity contribution is -0.144. The Morgan fingerprint density at radius 1 is 1.39 bits per heavy atom. The van der Waals surface area contributed by atoms with Gasteiger partial charge in [-0.1, -0.05) is 27.2 Å².